The Morgan fingerprint density at radius 1 is 0.178 bits per heavy atom. The number of aromatic carboxylic acids is 8. The van der Waals surface area contributed by atoms with Gasteiger partial charge in [0.2, 0.25) is 0 Å². The maximum Gasteiger partial charge on any atom is 3.00 e. The average molecular weight is 1410 g/mol. The second-order valence-corrected chi connectivity index (χ2v) is 13.2. The zero-order chi connectivity index (χ0) is 65.5. The Hall–Kier alpha value is -8.72. The van der Waals surface area contributed by atoms with Crippen LogP contribution in [0.2, 0.25) is 0 Å². The first kappa shape index (κ1) is 109. The smallest absolute Gasteiger partial charge is 2.00 e. The van der Waals surface area contributed by atoms with E-state index in [0.717, 1.165) is 42.7 Å². The number of aliphatic hydroxyl groups is 6. The standard InChI is InChI=1S/8C7H6O2.6CH4O.4Mn.2O/c8*8-7(9)6-4-2-1-3-5-6;6*1-2;;;;;;/h8*1-5H,(H,8,9);6*2H,1H3;;;;;;/q;;;;;;;;;;;;;;4*+3;2*-2/p-8. The SMILES string of the molecule is CO.CO.CO.CO.CO.CO.O=C([O-])c1ccccc1.O=C([O-])c1ccccc1.O=C([O-])c1ccccc1.O=C([O-])c1ccccc1.O=C([O-])c1ccccc1.O=C([O-])c1ccccc1.O=C([O-])c1ccccc1.O=C([O-])c1ccccc1.[Mn+3].[Mn+3].[Mn+3].[Mn+3].[O-2].[O-2]. The summed E-state index contributed by atoms with van der Waals surface area (Å²) in [6.07, 6.45) is 0. The molecule has 8 aromatic rings. The van der Waals surface area contributed by atoms with E-state index in [1.165, 1.54) is 97.1 Å². The molecule has 0 amide bonds. The molecule has 0 aliphatic carbocycles. The Balaban J connectivity index is -0.0000000747. The number of carbonyl (C=O) groups is 8. The van der Waals surface area contributed by atoms with Crippen molar-refractivity contribution >= 4 is 47.8 Å². The molecular formula is C62H64Mn4O24. The second-order valence-electron chi connectivity index (χ2n) is 13.2. The van der Waals surface area contributed by atoms with Crippen LogP contribution in [0.5, 0.6) is 0 Å². The maximum absolute atomic E-state index is 10.1. The third-order valence-corrected chi connectivity index (χ3v) is 8.08. The van der Waals surface area contributed by atoms with Crippen LogP contribution in [-0.2, 0) is 79.2 Å². The van der Waals surface area contributed by atoms with E-state index < -0.39 is 47.8 Å². The van der Waals surface area contributed by atoms with Crippen molar-refractivity contribution in [2.24, 2.45) is 0 Å². The quantitative estimate of drug-likeness (QED) is 0.0880. The van der Waals surface area contributed by atoms with Crippen molar-refractivity contribution in [3.63, 3.8) is 0 Å². The number of benzene rings is 8. The van der Waals surface area contributed by atoms with E-state index in [0.29, 0.717) is 0 Å². The van der Waals surface area contributed by atoms with Crippen LogP contribution < -0.4 is 40.9 Å². The molecule has 8 aromatic carbocycles. The number of carbonyl (C=O) groups excluding carboxylic acids is 8. The van der Waals surface area contributed by atoms with Crippen LogP contribution in [0.15, 0.2) is 243 Å². The minimum Gasteiger partial charge on any atom is -2.00 e. The molecule has 0 fully saturated rings. The van der Waals surface area contributed by atoms with Gasteiger partial charge in [0, 0.05) is 42.7 Å². The van der Waals surface area contributed by atoms with Crippen LogP contribution in [0.1, 0.15) is 82.9 Å². The van der Waals surface area contributed by atoms with Gasteiger partial charge < -0.3 is 121 Å². The minimum atomic E-state index is -1.13. The molecular weight excluding hydrogens is 1350 g/mol. The molecule has 0 unspecified atom stereocenters. The van der Waals surface area contributed by atoms with Crippen LogP contribution in [-0.4, -0.2) is 121 Å². The summed E-state index contributed by atoms with van der Waals surface area (Å²) in [7, 11) is 6.00. The Labute approximate surface area is 563 Å². The normalized spacial score (nSPS) is 7.51. The predicted octanol–water partition coefficient (Wildman–Crippen LogP) is -2.20. The zero-order valence-electron chi connectivity index (χ0n) is 48.6. The van der Waals surface area contributed by atoms with Gasteiger partial charge in [-0.2, -0.15) is 0 Å². The van der Waals surface area contributed by atoms with Crippen molar-refractivity contribution in [2.45, 2.75) is 0 Å². The summed E-state index contributed by atoms with van der Waals surface area (Å²) in [6, 6.07) is 64.5. The summed E-state index contributed by atoms with van der Waals surface area (Å²) in [5.74, 6) is -9.03. The van der Waals surface area contributed by atoms with Gasteiger partial charge in [0.25, 0.3) is 0 Å². The molecule has 0 radical (unpaired) electrons. The van der Waals surface area contributed by atoms with Gasteiger partial charge in [-0.25, -0.2) is 0 Å². The van der Waals surface area contributed by atoms with Crippen LogP contribution in [0, 0.1) is 0 Å². The molecule has 8 rings (SSSR count). The monoisotopic (exact) mass is 1410 g/mol. The minimum absolute atomic E-state index is 0. The Kier molecular flexibility index (Phi) is 97.3. The third kappa shape index (κ3) is 63.8. The summed E-state index contributed by atoms with van der Waals surface area (Å²) >= 11 is 0. The number of carboxylic acids is 8. The fourth-order valence-electron chi connectivity index (χ4n) is 4.59. The molecule has 0 aliphatic rings. The number of hydrogen-bond acceptors (Lipinski definition) is 22. The molecule has 0 saturated carbocycles. The second kappa shape index (κ2) is 80.3. The number of carboxylic acid groups (broad SMARTS) is 8. The third-order valence-electron chi connectivity index (χ3n) is 8.08. The van der Waals surface area contributed by atoms with Gasteiger partial charge in [-0.05, 0) is 44.5 Å². The molecule has 0 spiro atoms. The van der Waals surface area contributed by atoms with Crippen molar-refractivity contribution in [1.82, 2.24) is 0 Å². The van der Waals surface area contributed by atoms with Crippen LogP contribution >= 0.6 is 0 Å². The van der Waals surface area contributed by atoms with Crippen LogP contribution in [0.3, 0.4) is 0 Å². The van der Waals surface area contributed by atoms with E-state index in [4.69, 9.17) is 30.6 Å². The van der Waals surface area contributed by atoms with Gasteiger partial charge in [-0.1, -0.05) is 243 Å². The molecule has 0 aromatic heterocycles. The molecule has 28 heteroatoms. The fraction of sp³-hybridized carbons (Fsp3) is 0.0968. The van der Waals surface area contributed by atoms with Gasteiger partial charge in [0.1, 0.15) is 0 Å². The topological polar surface area (TPSA) is 499 Å². The zero-order valence-corrected chi connectivity index (χ0v) is 53.4. The predicted molar refractivity (Wildman–Crippen MR) is 296 cm³/mol. The molecule has 90 heavy (non-hydrogen) atoms. The first-order chi connectivity index (χ1) is 40.4. The molecule has 0 atom stereocenters. The van der Waals surface area contributed by atoms with Crippen molar-refractivity contribution in [3.05, 3.63) is 287 Å². The van der Waals surface area contributed by atoms with Crippen molar-refractivity contribution in [3.8, 4) is 0 Å². The molecule has 0 bridgehead atoms. The van der Waals surface area contributed by atoms with Gasteiger partial charge in [-0.3, -0.25) is 0 Å². The summed E-state index contributed by atoms with van der Waals surface area (Å²) in [5.41, 5.74) is 1.76. The number of rotatable bonds is 8. The Bertz CT molecular complexity index is 2260. The van der Waals surface area contributed by atoms with Crippen molar-refractivity contribution < 1.29 is 189 Å². The van der Waals surface area contributed by atoms with E-state index in [2.05, 4.69) is 0 Å². The van der Waals surface area contributed by atoms with E-state index >= 15 is 0 Å². The maximum atomic E-state index is 10.1. The summed E-state index contributed by atoms with van der Waals surface area (Å²) in [4.78, 5) is 80.7. The molecule has 0 saturated heterocycles. The van der Waals surface area contributed by atoms with E-state index in [1.54, 1.807) is 146 Å². The summed E-state index contributed by atoms with van der Waals surface area (Å²) in [6.45, 7) is 0. The number of aliphatic hydroxyl groups excluding tert-OH is 6. The first-order valence-corrected chi connectivity index (χ1v) is 23.2. The van der Waals surface area contributed by atoms with Gasteiger partial charge in [-0.15, -0.1) is 0 Å². The van der Waals surface area contributed by atoms with Crippen LogP contribution in [0.25, 0.3) is 0 Å². The Morgan fingerprint density at radius 3 is 0.267 bits per heavy atom. The summed E-state index contributed by atoms with van der Waals surface area (Å²) < 4.78 is 0. The largest absolute Gasteiger partial charge is 3.00 e. The Morgan fingerprint density at radius 2 is 0.233 bits per heavy atom. The molecule has 0 aliphatic heterocycles. The molecule has 6 N–H and O–H groups in total. The average Bonchev–Trinajstić information content (AvgIpc) is 3.61. The first-order valence-electron chi connectivity index (χ1n) is 23.2. The van der Waals surface area contributed by atoms with Crippen LogP contribution in [0.4, 0.5) is 0 Å². The molecule has 24 nitrogen and oxygen atoms in total. The summed E-state index contributed by atoms with van der Waals surface area (Å²) in [5, 5.41) is 123. The van der Waals surface area contributed by atoms with Gasteiger partial charge >= 0.3 is 68.3 Å². The molecule has 0 heterocycles. The molecule has 484 valence electrons. The van der Waals surface area contributed by atoms with E-state index in [-0.39, 0.29) is 124 Å². The number of hydrogen-bond donors (Lipinski definition) is 6. The van der Waals surface area contributed by atoms with E-state index in [1.807, 2.05) is 0 Å². The van der Waals surface area contributed by atoms with Crippen molar-refractivity contribution in [1.29, 1.82) is 0 Å². The fourth-order valence-corrected chi connectivity index (χ4v) is 4.59. The van der Waals surface area contributed by atoms with E-state index in [9.17, 15) is 79.2 Å². The van der Waals surface area contributed by atoms with Gasteiger partial charge in [0.15, 0.2) is 0 Å². The van der Waals surface area contributed by atoms with Gasteiger partial charge in [0.05, 0.1) is 47.8 Å². The van der Waals surface area contributed by atoms with Crippen molar-refractivity contribution in [2.75, 3.05) is 42.7 Å².